The highest BCUT2D eigenvalue weighted by Crippen LogP contribution is 2.46. The Balaban J connectivity index is 1.57. The number of halogens is 5. The van der Waals surface area contributed by atoms with Gasteiger partial charge in [0.05, 0.1) is 29.9 Å². The van der Waals surface area contributed by atoms with Gasteiger partial charge in [0.2, 0.25) is 0 Å². The monoisotopic (exact) mass is 453 g/mol. The number of carbonyl (C=O) groups excluding carboxylic acids is 1. The standard InChI is InChI=1S/C20H16F5N5O2/c1-10-13-6-11(21)7-14(22)16(13)32-15(10)17(20(23,24)25)29-18(31)28-12-8-27-30(9-12)19(2-3-19)4-5-26/h6-9,17H,2-4H2,1H3,(H2,28,29,31)/t17-/m1/s1. The van der Waals surface area contributed by atoms with Crippen molar-refractivity contribution in [3.63, 3.8) is 0 Å². The fraction of sp³-hybridized carbons (Fsp3) is 0.350. The van der Waals surface area contributed by atoms with Crippen LogP contribution in [0.4, 0.5) is 32.4 Å². The number of fused-ring (bicyclic) bond motifs is 1. The van der Waals surface area contributed by atoms with Gasteiger partial charge in [-0.25, -0.2) is 13.6 Å². The Bertz CT molecular complexity index is 1240. The molecule has 0 unspecified atom stereocenters. The number of alkyl halides is 3. The number of hydrogen-bond acceptors (Lipinski definition) is 4. The summed E-state index contributed by atoms with van der Waals surface area (Å²) < 4.78 is 75.2. The van der Waals surface area contributed by atoms with E-state index in [0.29, 0.717) is 6.07 Å². The predicted octanol–water partition coefficient (Wildman–Crippen LogP) is 5.04. The van der Waals surface area contributed by atoms with Gasteiger partial charge in [-0.05, 0) is 25.8 Å². The average molecular weight is 453 g/mol. The first kappa shape index (κ1) is 21.6. The van der Waals surface area contributed by atoms with Crippen LogP contribution in [0.25, 0.3) is 11.0 Å². The summed E-state index contributed by atoms with van der Waals surface area (Å²) in [6.07, 6.45) is -0.626. The Kier molecular flexibility index (Phi) is 5.07. The SMILES string of the molecule is Cc1c([C@@H](NC(=O)Nc2cnn(C3(CC#N)CC3)c2)C(F)(F)F)oc2c(F)cc(F)cc12. The summed E-state index contributed by atoms with van der Waals surface area (Å²) in [5, 5.41) is 16.9. The van der Waals surface area contributed by atoms with E-state index in [1.165, 1.54) is 24.0 Å². The molecule has 1 aromatic carbocycles. The fourth-order valence-electron chi connectivity index (χ4n) is 3.56. The molecule has 2 aromatic heterocycles. The largest absolute Gasteiger partial charge is 0.455 e. The minimum absolute atomic E-state index is 0.127. The molecular formula is C20H16F5N5O2. The molecule has 12 heteroatoms. The molecule has 7 nitrogen and oxygen atoms in total. The second kappa shape index (κ2) is 7.51. The van der Waals surface area contributed by atoms with Crippen molar-refractivity contribution in [2.24, 2.45) is 0 Å². The fourth-order valence-corrected chi connectivity index (χ4v) is 3.56. The van der Waals surface area contributed by atoms with Gasteiger partial charge in [0.1, 0.15) is 11.6 Å². The van der Waals surface area contributed by atoms with Crippen LogP contribution in [0.15, 0.2) is 28.9 Å². The zero-order chi connectivity index (χ0) is 23.3. The van der Waals surface area contributed by atoms with E-state index in [1.807, 2.05) is 0 Å². The van der Waals surface area contributed by atoms with Crippen LogP contribution in [0.1, 0.15) is 36.6 Å². The topological polar surface area (TPSA) is 95.9 Å². The van der Waals surface area contributed by atoms with Gasteiger partial charge in [-0.3, -0.25) is 4.68 Å². The van der Waals surface area contributed by atoms with Crippen molar-refractivity contribution in [3.8, 4) is 6.07 Å². The van der Waals surface area contributed by atoms with Crippen molar-refractivity contribution < 1.29 is 31.2 Å². The highest BCUT2D eigenvalue weighted by molar-refractivity contribution is 5.89. The number of hydrogen-bond donors (Lipinski definition) is 2. The summed E-state index contributed by atoms with van der Waals surface area (Å²) in [6.45, 7) is 1.21. The number of aryl methyl sites for hydroxylation is 1. The molecule has 0 saturated heterocycles. The van der Waals surface area contributed by atoms with Crippen molar-refractivity contribution >= 4 is 22.7 Å². The molecule has 2 amide bonds. The van der Waals surface area contributed by atoms with E-state index in [9.17, 15) is 26.7 Å². The summed E-state index contributed by atoms with van der Waals surface area (Å²) in [7, 11) is 0. The van der Waals surface area contributed by atoms with E-state index in [-0.39, 0.29) is 23.1 Å². The third-order valence-corrected chi connectivity index (χ3v) is 5.42. The predicted molar refractivity (Wildman–Crippen MR) is 101 cm³/mol. The van der Waals surface area contributed by atoms with Crippen molar-refractivity contribution in [1.82, 2.24) is 15.1 Å². The first-order valence-electron chi connectivity index (χ1n) is 9.48. The molecule has 0 bridgehead atoms. The molecule has 1 saturated carbocycles. The molecule has 32 heavy (non-hydrogen) atoms. The second-order valence-electron chi connectivity index (χ2n) is 7.66. The third-order valence-electron chi connectivity index (χ3n) is 5.42. The molecule has 2 heterocycles. The molecule has 1 aliphatic rings. The molecule has 1 atom stereocenters. The number of nitrogens with zero attached hydrogens (tertiary/aromatic N) is 3. The van der Waals surface area contributed by atoms with Gasteiger partial charge in [-0.15, -0.1) is 0 Å². The van der Waals surface area contributed by atoms with E-state index >= 15 is 0 Å². The highest BCUT2D eigenvalue weighted by Gasteiger charge is 2.46. The number of amides is 2. The van der Waals surface area contributed by atoms with E-state index in [4.69, 9.17) is 9.68 Å². The van der Waals surface area contributed by atoms with Gasteiger partial charge in [-0.2, -0.15) is 23.5 Å². The van der Waals surface area contributed by atoms with Crippen LogP contribution in [0, 0.1) is 29.9 Å². The van der Waals surface area contributed by atoms with E-state index in [1.54, 1.807) is 5.32 Å². The van der Waals surface area contributed by atoms with Gasteiger partial charge in [-0.1, -0.05) is 0 Å². The van der Waals surface area contributed by atoms with Crippen molar-refractivity contribution in [2.45, 2.75) is 43.9 Å². The van der Waals surface area contributed by atoms with Crippen molar-refractivity contribution in [2.75, 3.05) is 5.32 Å². The second-order valence-corrected chi connectivity index (χ2v) is 7.66. The van der Waals surface area contributed by atoms with Crippen LogP contribution in [0.2, 0.25) is 0 Å². The van der Waals surface area contributed by atoms with Gasteiger partial charge in [0.25, 0.3) is 0 Å². The Hall–Kier alpha value is -3.62. The molecular weight excluding hydrogens is 437 g/mol. The number of anilines is 1. The number of aromatic nitrogens is 2. The summed E-state index contributed by atoms with van der Waals surface area (Å²) in [6, 6.07) is -0.405. The van der Waals surface area contributed by atoms with Crippen molar-refractivity contribution in [3.05, 3.63) is 47.5 Å². The Morgan fingerprint density at radius 1 is 1.38 bits per heavy atom. The quantitative estimate of drug-likeness (QED) is 0.529. The third kappa shape index (κ3) is 3.86. The number of benzene rings is 1. The smallest absolute Gasteiger partial charge is 0.416 e. The maximum Gasteiger partial charge on any atom is 0.416 e. The van der Waals surface area contributed by atoms with Crippen LogP contribution in [0.5, 0.6) is 0 Å². The van der Waals surface area contributed by atoms with Crippen LogP contribution in [-0.2, 0) is 5.54 Å². The molecule has 0 radical (unpaired) electrons. The average Bonchev–Trinajstić information content (AvgIpc) is 3.19. The van der Waals surface area contributed by atoms with Gasteiger partial charge in [0, 0.05) is 23.2 Å². The zero-order valence-corrected chi connectivity index (χ0v) is 16.6. The Labute approximate surface area is 177 Å². The highest BCUT2D eigenvalue weighted by atomic mass is 19.4. The summed E-state index contributed by atoms with van der Waals surface area (Å²) in [5.41, 5.74) is -1.02. The maximum atomic E-state index is 14.0. The lowest BCUT2D eigenvalue weighted by atomic mass is 10.1. The molecule has 3 aromatic rings. The number of nitriles is 1. The number of carbonyl (C=O) groups is 1. The van der Waals surface area contributed by atoms with Crippen LogP contribution in [0.3, 0.4) is 0 Å². The number of rotatable bonds is 5. The lowest BCUT2D eigenvalue weighted by Crippen LogP contribution is -2.40. The van der Waals surface area contributed by atoms with Gasteiger partial charge in [0.15, 0.2) is 17.4 Å². The van der Waals surface area contributed by atoms with Crippen molar-refractivity contribution in [1.29, 1.82) is 5.26 Å². The Morgan fingerprint density at radius 3 is 2.72 bits per heavy atom. The molecule has 1 aliphatic carbocycles. The normalized spacial score (nSPS) is 15.9. The Morgan fingerprint density at radius 2 is 2.09 bits per heavy atom. The van der Waals surface area contributed by atoms with Gasteiger partial charge >= 0.3 is 12.2 Å². The van der Waals surface area contributed by atoms with Gasteiger partial charge < -0.3 is 15.1 Å². The van der Waals surface area contributed by atoms with E-state index in [2.05, 4.69) is 16.5 Å². The lowest BCUT2D eigenvalue weighted by molar-refractivity contribution is -0.158. The molecule has 0 spiro atoms. The summed E-state index contributed by atoms with van der Waals surface area (Å²) in [5.74, 6) is -2.88. The summed E-state index contributed by atoms with van der Waals surface area (Å²) >= 11 is 0. The molecule has 0 aliphatic heterocycles. The van der Waals surface area contributed by atoms with Crippen LogP contribution >= 0.6 is 0 Å². The minimum Gasteiger partial charge on any atom is -0.455 e. The summed E-state index contributed by atoms with van der Waals surface area (Å²) in [4.78, 5) is 12.3. The molecule has 1 fully saturated rings. The zero-order valence-electron chi connectivity index (χ0n) is 16.6. The molecule has 2 N–H and O–H groups in total. The maximum absolute atomic E-state index is 14.0. The van der Waals surface area contributed by atoms with E-state index in [0.717, 1.165) is 18.9 Å². The van der Waals surface area contributed by atoms with Crippen LogP contribution < -0.4 is 10.6 Å². The first-order chi connectivity index (χ1) is 15.0. The van der Waals surface area contributed by atoms with E-state index < -0.39 is 46.8 Å². The van der Waals surface area contributed by atoms with Crippen LogP contribution in [-0.4, -0.2) is 22.0 Å². The first-order valence-corrected chi connectivity index (χ1v) is 9.48. The lowest BCUT2D eigenvalue weighted by Gasteiger charge is -2.20. The minimum atomic E-state index is -4.99. The molecule has 168 valence electrons. The number of urea groups is 1. The number of furan rings is 1. The number of nitrogens with one attached hydrogen (secondary N) is 2. The molecule has 4 rings (SSSR count).